The molecule has 7 heteroatoms. The number of hydrogen-bond donors (Lipinski definition) is 2. The minimum Gasteiger partial charge on any atom is -0.481 e. The number of anilines is 1. The highest BCUT2D eigenvalue weighted by Gasteiger charge is 2.32. The van der Waals surface area contributed by atoms with Gasteiger partial charge in [0.2, 0.25) is 5.91 Å². The van der Waals surface area contributed by atoms with E-state index in [9.17, 15) is 14.7 Å². The molecule has 0 atom stereocenters. The number of aliphatic carboxylic acids is 1. The van der Waals surface area contributed by atoms with Gasteiger partial charge in [0.1, 0.15) is 5.41 Å². The molecule has 0 unspecified atom stereocenters. The van der Waals surface area contributed by atoms with Gasteiger partial charge in [0.25, 0.3) is 0 Å². The molecule has 1 aromatic heterocycles. The Morgan fingerprint density at radius 2 is 2.05 bits per heavy atom. The van der Waals surface area contributed by atoms with E-state index in [4.69, 9.17) is 0 Å². The Balaban J connectivity index is 1.91. The minimum absolute atomic E-state index is 0.0731. The molecule has 0 radical (unpaired) electrons. The third-order valence-corrected chi connectivity index (χ3v) is 4.58. The predicted octanol–water partition coefficient (Wildman–Crippen LogP) is 1.93. The number of carbonyl (C=O) groups excluding carboxylic acids is 1. The van der Waals surface area contributed by atoms with Crippen LogP contribution in [0.5, 0.6) is 0 Å². The first-order valence-electron chi connectivity index (χ1n) is 7.12. The number of nitrogens with zero attached hydrogens (tertiary/aromatic N) is 2. The zero-order valence-corrected chi connectivity index (χ0v) is 13.2. The molecule has 1 amide bonds. The summed E-state index contributed by atoms with van der Waals surface area (Å²) in [5.41, 5.74) is -0.513. The number of carbonyl (C=O) groups is 2. The molecular weight excluding hydrogens is 290 g/mol. The summed E-state index contributed by atoms with van der Waals surface area (Å²) in [6.07, 6.45) is 3.33. The summed E-state index contributed by atoms with van der Waals surface area (Å²) >= 11 is 1.33. The van der Waals surface area contributed by atoms with E-state index in [-0.39, 0.29) is 12.5 Å². The standard InChI is InChI=1S/C14H21N3O3S/c1-14(2,12(19)20)10-9-21-13(16-10)15-8-11(18)17-6-4-3-5-7-17/h9H,3-8H2,1-2H3,(H,15,16)(H,19,20). The van der Waals surface area contributed by atoms with Crippen LogP contribution in [0.3, 0.4) is 0 Å². The molecule has 0 aliphatic carbocycles. The average Bonchev–Trinajstić information content (AvgIpc) is 2.95. The molecule has 6 nitrogen and oxygen atoms in total. The Hall–Kier alpha value is -1.63. The van der Waals surface area contributed by atoms with Gasteiger partial charge in [0.05, 0.1) is 12.2 Å². The normalized spacial score (nSPS) is 15.8. The fourth-order valence-electron chi connectivity index (χ4n) is 2.16. The van der Waals surface area contributed by atoms with Crippen LogP contribution in [0.15, 0.2) is 5.38 Å². The summed E-state index contributed by atoms with van der Waals surface area (Å²) in [5.74, 6) is -0.840. The highest BCUT2D eigenvalue weighted by Crippen LogP contribution is 2.27. The number of hydrogen-bond acceptors (Lipinski definition) is 5. The van der Waals surface area contributed by atoms with Crippen LogP contribution in [-0.2, 0) is 15.0 Å². The lowest BCUT2D eigenvalue weighted by molar-refractivity contribution is -0.142. The van der Waals surface area contributed by atoms with Crippen LogP contribution in [0.4, 0.5) is 5.13 Å². The summed E-state index contributed by atoms with van der Waals surface area (Å²) < 4.78 is 0. The van der Waals surface area contributed by atoms with E-state index in [1.165, 1.54) is 17.8 Å². The second-order valence-corrected chi connectivity index (χ2v) is 6.62. The van der Waals surface area contributed by atoms with Crippen molar-refractivity contribution < 1.29 is 14.7 Å². The number of amides is 1. The van der Waals surface area contributed by atoms with Crippen LogP contribution in [0.25, 0.3) is 0 Å². The number of rotatable bonds is 5. The summed E-state index contributed by atoms with van der Waals surface area (Å²) in [5, 5.41) is 14.5. The van der Waals surface area contributed by atoms with E-state index in [0.29, 0.717) is 10.8 Å². The molecule has 1 aliphatic heterocycles. The van der Waals surface area contributed by atoms with Gasteiger partial charge in [-0.1, -0.05) is 0 Å². The largest absolute Gasteiger partial charge is 0.481 e. The topological polar surface area (TPSA) is 82.5 Å². The number of carboxylic acids is 1. The van der Waals surface area contributed by atoms with Gasteiger partial charge in [-0.3, -0.25) is 9.59 Å². The molecule has 0 spiro atoms. The quantitative estimate of drug-likeness (QED) is 0.868. The van der Waals surface area contributed by atoms with Crippen molar-refractivity contribution >= 4 is 28.3 Å². The fraction of sp³-hybridized carbons (Fsp3) is 0.643. The molecule has 0 saturated carbocycles. The average molecular weight is 311 g/mol. The van der Waals surface area contributed by atoms with Gasteiger partial charge < -0.3 is 15.3 Å². The molecule has 1 aliphatic rings. The van der Waals surface area contributed by atoms with E-state index in [1.54, 1.807) is 19.2 Å². The lowest BCUT2D eigenvalue weighted by Crippen LogP contribution is -2.39. The zero-order chi connectivity index (χ0) is 15.5. The highest BCUT2D eigenvalue weighted by atomic mass is 32.1. The van der Waals surface area contributed by atoms with Crippen LogP contribution in [0.2, 0.25) is 0 Å². The van der Waals surface area contributed by atoms with Crippen LogP contribution >= 0.6 is 11.3 Å². The lowest BCUT2D eigenvalue weighted by Gasteiger charge is -2.26. The van der Waals surface area contributed by atoms with Crippen molar-refractivity contribution in [2.24, 2.45) is 0 Å². The Kier molecular flexibility index (Phi) is 4.82. The number of aromatic nitrogens is 1. The maximum atomic E-state index is 12.0. The van der Waals surface area contributed by atoms with E-state index in [2.05, 4.69) is 10.3 Å². The van der Waals surface area contributed by atoms with Gasteiger partial charge in [0.15, 0.2) is 5.13 Å². The number of nitrogens with one attached hydrogen (secondary N) is 1. The predicted molar refractivity (Wildman–Crippen MR) is 81.7 cm³/mol. The molecule has 2 rings (SSSR count). The second-order valence-electron chi connectivity index (χ2n) is 5.76. The molecule has 116 valence electrons. The van der Waals surface area contributed by atoms with Gasteiger partial charge in [-0.15, -0.1) is 11.3 Å². The Bertz CT molecular complexity index is 521. The van der Waals surface area contributed by atoms with Crippen molar-refractivity contribution in [3.63, 3.8) is 0 Å². The first-order valence-corrected chi connectivity index (χ1v) is 8.00. The zero-order valence-electron chi connectivity index (χ0n) is 12.4. The van der Waals surface area contributed by atoms with Crippen LogP contribution < -0.4 is 5.32 Å². The van der Waals surface area contributed by atoms with E-state index in [0.717, 1.165) is 25.9 Å². The molecule has 21 heavy (non-hydrogen) atoms. The molecule has 2 N–H and O–H groups in total. The van der Waals surface area contributed by atoms with Gasteiger partial charge in [0, 0.05) is 18.5 Å². The highest BCUT2D eigenvalue weighted by molar-refractivity contribution is 7.13. The van der Waals surface area contributed by atoms with E-state index >= 15 is 0 Å². The Labute approximate surface area is 128 Å². The summed E-state index contributed by atoms with van der Waals surface area (Å²) in [4.78, 5) is 29.4. The molecule has 1 saturated heterocycles. The SMILES string of the molecule is CC(C)(C(=O)O)c1csc(NCC(=O)N2CCCCC2)n1. The molecule has 1 fully saturated rings. The summed E-state index contributed by atoms with van der Waals surface area (Å²) in [6.45, 7) is 5.10. The number of likely N-dealkylation sites (tertiary alicyclic amines) is 1. The molecular formula is C14H21N3O3S. The van der Waals surface area contributed by atoms with Crippen molar-refractivity contribution in [2.45, 2.75) is 38.5 Å². The summed E-state index contributed by atoms with van der Waals surface area (Å²) in [7, 11) is 0. The third kappa shape index (κ3) is 3.72. The van der Waals surface area contributed by atoms with E-state index < -0.39 is 11.4 Å². The van der Waals surface area contributed by atoms with Crippen molar-refractivity contribution in [1.82, 2.24) is 9.88 Å². The van der Waals surface area contributed by atoms with Gasteiger partial charge in [-0.2, -0.15) is 0 Å². The molecule has 2 heterocycles. The van der Waals surface area contributed by atoms with Crippen molar-refractivity contribution in [3.8, 4) is 0 Å². The van der Waals surface area contributed by atoms with Crippen LogP contribution in [0, 0.1) is 0 Å². The van der Waals surface area contributed by atoms with Gasteiger partial charge >= 0.3 is 5.97 Å². The monoisotopic (exact) mass is 311 g/mol. The number of piperidine rings is 1. The lowest BCUT2D eigenvalue weighted by atomic mass is 9.90. The van der Waals surface area contributed by atoms with Gasteiger partial charge in [-0.05, 0) is 33.1 Å². The van der Waals surface area contributed by atoms with Crippen molar-refractivity contribution in [1.29, 1.82) is 0 Å². The first kappa shape index (κ1) is 15.8. The van der Waals surface area contributed by atoms with Gasteiger partial charge in [-0.25, -0.2) is 4.98 Å². The fourth-order valence-corrected chi connectivity index (χ4v) is 3.04. The summed E-state index contributed by atoms with van der Waals surface area (Å²) in [6, 6.07) is 0. The number of carboxylic acid groups (broad SMARTS) is 1. The maximum Gasteiger partial charge on any atom is 0.315 e. The van der Waals surface area contributed by atoms with Crippen LogP contribution in [0.1, 0.15) is 38.8 Å². The smallest absolute Gasteiger partial charge is 0.315 e. The third-order valence-electron chi connectivity index (χ3n) is 3.78. The second kappa shape index (κ2) is 6.43. The molecule has 0 aromatic carbocycles. The maximum absolute atomic E-state index is 12.0. The van der Waals surface area contributed by atoms with E-state index in [1.807, 2.05) is 4.90 Å². The molecule has 1 aromatic rings. The minimum atomic E-state index is -1.02. The van der Waals surface area contributed by atoms with Crippen molar-refractivity contribution in [3.05, 3.63) is 11.1 Å². The van der Waals surface area contributed by atoms with Crippen LogP contribution in [-0.4, -0.2) is 46.5 Å². The Morgan fingerprint density at radius 3 is 2.67 bits per heavy atom. The van der Waals surface area contributed by atoms with Crippen molar-refractivity contribution in [2.75, 3.05) is 25.0 Å². The number of thiazole rings is 1. The molecule has 0 bridgehead atoms. The Morgan fingerprint density at radius 1 is 1.38 bits per heavy atom. The first-order chi connectivity index (χ1) is 9.91.